The molecule has 1 rings (SSSR count). The summed E-state index contributed by atoms with van der Waals surface area (Å²) >= 11 is 0. The van der Waals surface area contributed by atoms with Crippen molar-refractivity contribution in [2.75, 3.05) is 26.8 Å². The minimum absolute atomic E-state index is 0. The molecule has 1 aliphatic carbocycles. The van der Waals surface area contributed by atoms with Crippen molar-refractivity contribution in [1.29, 1.82) is 0 Å². The zero-order valence-electron chi connectivity index (χ0n) is 13.0. The zero-order valence-corrected chi connectivity index (χ0v) is 13.8. The Hall–Kier alpha value is -0.320. The van der Waals surface area contributed by atoms with Crippen molar-refractivity contribution in [2.24, 2.45) is 5.92 Å². The molecule has 1 saturated carbocycles. The van der Waals surface area contributed by atoms with Gasteiger partial charge in [-0.05, 0) is 31.6 Å². The monoisotopic (exact) mass is 306 g/mol. The molecule has 0 unspecified atom stereocenters. The highest BCUT2D eigenvalue weighted by atomic mass is 35.5. The predicted molar refractivity (Wildman–Crippen MR) is 85.4 cm³/mol. The number of nitrogens with one attached hydrogen (secondary N) is 2. The van der Waals surface area contributed by atoms with Crippen molar-refractivity contribution in [3.63, 3.8) is 0 Å². The van der Waals surface area contributed by atoms with E-state index in [1.165, 1.54) is 32.1 Å². The van der Waals surface area contributed by atoms with Gasteiger partial charge in [0.1, 0.15) is 0 Å². The fraction of sp³-hybridized carbons (Fsp3) is 0.933. The molecule has 4 nitrogen and oxygen atoms in total. The van der Waals surface area contributed by atoms with Gasteiger partial charge in [-0.1, -0.05) is 26.2 Å². The van der Waals surface area contributed by atoms with E-state index in [0.29, 0.717) is 19.2 Å². The third-order valence-electron chi connectivity index (χ3n) is 3.95. The van der Waals surface area contributed by atoms with Gasteiger partial charge in [0, 0.05) is 19.7 Å². The van der Waals surface area contributed by atoms with Gasteiger partial charge in [-0.25, -0.2) is 0 Å². The van der Waals surface area contributed by atoms with Gasteiger partial charge in [-0.3, -0.25) is 4.79 Å². The third kappa shape index (κ3) is 8.77. The molecule has 1 aliphatic rings. The lowest BCUT2D eigenvalue weighted by Crippen LogP contribution is -2.42. The van der Waals surface area contributed by atoms with Crippen molar-refractivity contribution < 1.29 is 9.53 Å². The summed E-state index contributed by atoms with van der Waals surface area (Å²) in [7, 11) is 1.67. The lowest BCUT2D eigenvalue weighted by Gasteiger charge is -2.29. The van der Waals surface area contributed by atoms with Crippen LogP contribution in [0.4, 0.5) is 0 Å². The van der Waals surface area contributed by atoms with Gasteiger partial charge in [0.2, 0.25) is 5.91 Å². The molecule has 1 fully saturated rings. The number of carbonyl (C=O) groups is 1. The Morgan fingerprint density at radius 1 is 1.25 bits per heavy atom. The van der Waals surface area contributed by atoms with Crippen LogP contribution in [0.15, 0.2) is 0 Å². The van der Waals surface area contributed by atoms with E-state index in [4.69, 9.17) is 4.74 Å². The van der Waals surface area contributed by atoms with Crippen LogP contribution in [-0.4, -0.2) is 38.8 Å². The predicted octanol–water partition coefficient (Wildman–Crippen LogP) is 2.51. The van der Waals surface area contributed by atoms with Crippen molar-refractivity contribution in [3.8, 4) is 0 Å². The maximum atomic E-state index is 11.7. The highest BCUT2D eigenvalue weighted by Gasteiger charge is 2.21. The van der Waals surface area contributed by atoms with Crippen LogP contribution in [0.2, 0.25) is 0 Å². The SMILES string of the molecule is CCCCC1CCC(NC(=O)CNCCOC)CC1.Cl. The molecular weight excluding hydrogens is 276 g/mol. The van der Waals surface area contributed by atoms with Crippen LogP contribution < -0.4 is 10.6 Å². The molecule has 0 aromatic rings. The molecule has 20 heavy (non-hydrogen) atoms. The van der Waals surface area contributed by atoms with E-state index < -0.39 is 0 Å². The number of carbonyl (C=O) groups excluding carboxylic acids is 1. The Kier molecular flexibility index (Phi) is 12.2. The molecule has 0 aliphatic heterocycles. The van der Waals surface area contributed by atoms with Crippen LogP contribution in [0.5, 0.6) is 0 Å². The summed E-state index contributed by atoms with van der Waals surface area (Å²) in [6, 6.07) is 0.398. The van der Waals surface area contributed by atoms with E-state index in [-0.39, 0.29) is 18.3 Å². The van der Waals surface area contributed by atoms with Crippen molar-refractivity contribution in [3.05, 3.63) is 0 Å². The lowest BCUT2D eigenvalue weighted by molar-refractivity contribution is -0.121. The summed E-state index contributed by atoms with van der Waals surface area (Å²) in [5.74, 6) is 1.01. The van der Waals surface area contributed by atoms with E-state index in [1.807, 2.05) is 0 Å². The molecule has 2 N–H and O–H groups in total. The Labute approximate surface area is 129 Å². The molecule has 120 valence electrons. The first-order chi connectivity index (χ1) is 9.26. The fourth-order valence-electron chi connectivity index (χ4n) is 2.74. The number of methoxy groups -OCH3 is 1. The molecule has 0 spiro atoms. The molecular formula is C15H31ClN2O2. The Balaban J connectivity index is 0.00000361. The van der Waals surface area contributed by atoms with E-state index in [9.17, 15) is 4.79 Å². The molecule has 0 bridgehead atoms. The van der Waals surface area contributed by atoms with E-state index in [2.05, 4.69) is 17.6 Å². The molecule has 0 aromatic carbocycles. The van der Waals surface area contributed by atoms with Gasteiger partial charge in [-0.2, -0.15) is 0 Å². The van der Waals surface area contributed by atoms with E-state index in [1.54, 1.807) is 7.11 Å². The van der Waals surface area contributed by atoms with Crippen LogP contribution >= 0.6 is 12.4 Å². The first-order valence-electron chi connectivity index (χ1n) is 7.75. The number of hydrogen-bond acceptors (Lipinski definition) is 3. The van der Waals surface area contributed by atoms with Crippen LogP contribution in [0.3, 0.4) is 0 Å². The number of amides is 1. The number of hydrogen-bond donors (Lipinski definition) is 2. The fourth-order valence-corrected chi connectivity index (χ4v) is 2.74. The van der Waals surface area contributed by atoms with Crippen molar-refractivity contribution in [1.82, 2.24) is 10.6 Å². The second kappa shape index (κ2) is 12.4. The molecule has 0 aromatic heterocycles. The Morgan fingerprint density at radius 3 is 2.55 bits per heavy atom. The van der Waals surface area contributed by atoms with E-state index in [0.717, 1.165) is 25.3 Å². The van der Waals surface area contributed by atoms with Crippen LogP contribution in [0.1, 0.15) is 51.9 Å². The zero-order chi connectivity index (χ0) is 13.9. The minimum Gasteiger partial charge on any atom is -0.383 e. The first kappa shape index (κ1) is 19.7. The molecule has 5 heteroatoms. The largest absolute Gasteiger partial charge is 0.383 e. The van der Waals surface area contributed by atoms with Gasteiger partial charge in [0.15, 0.2) is 0 Å². The average Bonchev–Trinajstić information content (AvgIpc) is 2.43. The maximum Gasteiger partial charge on any atom is 0.234 e. The number of halogens is 1. The second-order valence-electron chi connectivity index (χ2n) is 5.60. The van der Waals surface area contributed by atoms with Gasteiger partial charge in [-0.15, -0.1) is 12.4 Å². The Morgan fingerprint density at radius 2 is 1.95 bits per heavy atom. The normalized spacial score (nSPS) is 22.1. The third-order valence-corrected chi connectivity index (χ3v) is 3.95. The minimum atomic E-state index is 0. The average molecular weight is 307 g/mol. The summed E-state index contributed by atoms with van der Waals surface area (Å²) < 4.78 is 4.92. The molecule has 0 atom stereocenters. The van der Waals surface area contributed by atoms with Crippen LogP contribution in [-0.2, 0) is 9.53 Å². The maximum absolute atomic E-state index is 11.7. The number of unbranched alkanes of at least 4 members (excludes halogenated alkanes) is 1. The number of ether oxygens (including phenoxy) is 1. The molecule has 0 heterocycles. The van der Waals surface area contributed by atoms with Gasteiger partial charge in [0.25, 0.3) is 0 Å². The molecule has 0 radical (unpaired) electrons. The second-order valence-corrected chi connectivity index (χ2v) is 5.60. The summed E-state index contributed by atoms with van der Waals surface area (Å²) in [5.41, 5.74) is 0. The molecule has 1 amide bonds. The van der Waals surface area contributed by atoms with E-state index >= 15 is 0 Å². The lowest BCUT2D eigenvalue weighted by atomic mass is 9.83. The van der Waals surface area contributed by atoms with Crippen molar-refractivity contribution >= 4 is 18.3 Å². The standard InChI is InChI=1S/C15H30N2O2.ClH/c1-3-4-5-13-6-8-14(9-7-13)17-15(18)12-16-10-11-19-2;/h13-14,16H,3-12H2,1-2H3,(H,17,18);1H. The molecule has 0 saturated heterocycles. The smallest absolute Gasteiger partial charge is 0.234 e. The van der Waals surface area contributed by atoms with Crippen molar-refractivity contribution in [2.45, 2.75) is 57.9 Å². The Bertz CT molecular complexity index is 244. The van der Waals surface area contributed by atoms with Gasteiger partial charge in [0.05, 0.1) is 13.2 Å². The number of rotatable bonds is 9. The first-order valence-corrected chi connectivity index (χ1v) is 7.75. The van der Waals surface area contributed by atoms with Gasteiger partial charge >= 0.3 is 0 Å². The van der Waals surface area contributed by atoms with Crippen LogP contribution in [0.25, 0.3) is 0 Å². The van der Waals surface area contributed by atoms with Gasteiger partial charge < -0.3 is 15.4 Å². The topological polar surface area (TPSA) is 50.4 Å². The summed E-state index contributed by atoms with van der Waals surface area (Å²) in [6.45, 7) is 4.03. The highest BCUT2D eigenvalue weighted by molar-refractivity contribution is 5.85. The summed E-state index contributed by atoms with van der Waals surface area (Å²) in [5, 5.41) is 6.21. The summed E-state index contributed by atoms with van der Waals surface area (Å²) in [6.07, 6.45) is 8.88. The summed E-state index contributed by atoms with van der Waals surface area (Å²) in [4.78, 5) is 11.7. The van der Waals surface area contributed by atoms with Crippen LogP contribution in [0, 0.1) is 5.92 Å². The quantitative estimate of drug-likeness (QED) is 0.644. The highest BCUT2D eigenvalue weighted by Crippen LogP contribution is 2.28.